The van der Waals surface area contributed by atoms with Crippen LogP contribution in [0, 0.1) is 6.92 Å². The van der Waals surface area contributed by atoms with Crippen LogP contribution in [-0.2, 0) is 19.8 Å². The van der Waals surface area contributed by atoms with E-state index in [1.807, 2.05) is 14.0 Å². The Labute approximate surface area is 165 Å². The molecule has 1 aliphatic rings. The number of halogens is 4. The molecule has 0 radical (unpaired) electrons. The van der Waals surface area contributed by atoms with E-state index < -0.39 is 11.9 Å². The molecule has 0 amide bonds. The van der Waals surface area contributed by atoms with Gasteiger partial charge >= 0.3 is 6.18 Å². The Bertz CT molecular complexity index is 840. The minimum Gasteiger partial charge on any atom is -0.362 e. The summed E-state index contributed by atoms with van der Waals surface area (Å²) in [6.45, 7) is 2.74. The maximum atomic E-state index is 13.1. The smallest absolute Gasteiger partial charge is 0.362 e. The van der Waals surface area contributed by atoms with Crippen LogP contribution in [0.2, 0.25) is 5.02 Å². The van der Waals surface area contributed by atoms with Gasteiger partial charge in [-0.15, -0.1) is 0 Å². The third-order valence-corrected chi connectivity index (χ3v) is 5.10. The first-order chi connectivity index (χ1) is 12.7. The lowest BCUT2D eigenvalue weighted by molar-refractivity contribution is -0.141. The van der Waals surface area contributed by atoms with Gasteiger partial charge in [0.25, 0.3) is 0 Å². The zero-order valence-corrected chi connectivity index (χ0v) is 16.5. The molecule has 6 nitrogen and oxygen atoms in total. The predicted octanol–water partition coefficient (Wildman–Crippen LogP) is 3.85. The third kappa shape index (κ3) is 4.55. The molecule has 3 rings (SSSR count). The fourth-order valence-electron chi connectivity index (χ4n) is 2.77. The van der Waals surface area contributed by atoms with Crippen LogP contribution in [0.5, 0.6) is 0 Å². The highest BCUT2D eigenvalue weighted by molar-refractivity contribution is 7.80. The first kappa shape index (κ1) is 19.9. The highest BCUT2D eigenvalue weighted by Gasteiger charge is 2.41. The number of hydrogen-bond donors (Lipinski definition) is 2. The molecule has 0 spiro atoms. The van der Waals surface area contributed by atoms with Crippen molar-refractivity contribution in [2.75, 3.05) is 11.9 Å². The highest BCUT2D eigenvalue weighted by Crippen LogP contribution is 2.46. The van der Waals surface area contributed by atoms with Gasteiger partial charge in [-0.25, -0.2) is 0 Å². The van der Waals surface area contributed by atoms with Crippen LogP contribution in [0.25, 0.3) is 0 Å². The molecule has 0 saturated heterocycles. The fraction of sp³-hybridized carbons (Fsp3) is 0.562. The van der Waals surface area contributed by atoms with Crippen LogP contribution in [0.4, 0.5) is 18.9 Å². The van der Waals surface area contributed by atoms with Gasteiger partial charge in [-0.05, 0) is 38.4 Å². The van der Waals surface area contributed by atoms with E-state index in [-0.39, 0.29) is 10.9 Å². The summed E-state index contributed by atoms with van der Waals surface area (Å²) in [4.78, 5) is 0. The lowest BCUT2D eigenvalue weighted by Crippen LogP contribution is -2.30. The molecule has 2 aromatic rings. The van der Waals surface area contributed by atoms with Crippen LogP contribution in [-0.4, -0.2) is 31.2 Å². The molecule has 0 aromatic carbocycles. The van der Waals surface area contributed by atoms with Gasteiger partial charge in [0.2, 0.25) is 0 Å². The van der Waals surface area contributed by atoms with Crippen LogP contribution < -0.4 is 10.6 Å². The van der Waals surface area contributed by atoms with Crippen molar-refractivity contribution in [3.63, 3.8) is 0 Å². The second kappa shape index (κ2) is 7.67. The molecule has 0 bridgehead atoms. The molecular formula is C16H20ClF3N6S. The zero-order chi connectivity index (χ0) is 19.8. The molecule has 0 unspecified atom stereocenters. The molecule has 1 aliphatic carbocycles. The predicted molar refractivity (Wildman–Crippen MR) is 101 cm³/mol. The summed E-state index contributed by atoms with van der Waals surface area (Å²) in [7, 11) is 1.83. The lowest BCUT2D eigenvalue weighted by Gasteiger charge is -2.11. The standard InChI is InChI=1S/C16H20ClF3N6S/c1-9-11(8-22-25(9)2)23-15(27)21-6-3-7-26-13(10-4-5-10)12(17)14(24-26)16(18,19)20/h8,10H,3-7H2,1-2H3,(H2,21,23,27). The van der Waals surface area contributed by atoms with Crippen LogP contribution in [0.1, 0.15) is 42.3 Å². The van der Waals surface area contributed by atoms with E-state index in [9.17, 15) is 13.2 Å². The quantitative estimate of drug-likeness (QED) is 0.549. The van der Waals surface area contributed by atoms with Crippen molar-refractivity contribution in [1.29, 1.82) is 0 Å². The van der Waals surface area contributed by atoms with Crippen molar-refractivity contribution in [1.82, 2.24) is 24.9 Å². The Kier molecular flexibility index (Phi) is 5.66. The Morgan fingerprint density at radius 3 is 2.67 bits per heavy atom. The molecule has 1 saturated carbocycles. The van der Waals surface area contributed by atoms with Crippen LogP contribution in [0.15, 0.2) is 6.20 Å². The van der Waals surface area contributed by atoms with E-state index in [0.717, 1.165) is 24.2 Å². The van der Waals surface area contributed by atoms with Crippen molar-refractivity contribution < 1.29 is 13.2 Å². The number of nitrogens with one attached hydrogen (secondary N) is 2. The molecular weight excluding hydrogens is 401 g/mol. The van der Waals surface area contributed by atoms with Gasteiger partial charge in [-0.1, -0.05) is 11.6 Å². The minimum atomic E-state index is -4.54. The Balaban J connectivity index is 1.54. The Morgan fingerprint density at radius 2 is 2.11 bits per heavy atom. The molecule has 0 aliphatic heterocycles. The van der Waals surface area contributed by atoms with Gasteiger partial charge in [0, 0.05) is 26.1 Å². The van der Waals surface area contributed by atoms with Crippen LogP contribution >= 0.6 is 23.8 Å². The van der Waals surface area contributed by atoms with Crippen LogP contribution in [0.3, 0.4) is 0 Å². The first-order valence-corrected chi connectivity index (χ1v) is 9.34. The van der Waals surface area contributed by atoms with E-state index in [1.165, 1.54) is 4.68 Å². The molecule has 2 aromatic heterocycles. The van der Waals surface area contributed by atoms with Crippen molar-refractivity contribution >= 4 is 34.6 Å². The molecule has 27 heavy (non-hydrogen) atoms. The summed E-state index contributed by atoms with van der Waals surface area (Å²) in [6.07, 6.45) is -0.616. The average molecular weight is 421 g/mol. The summed E-state index contributed by atoms with van der Waals surface area (Å²) >= 11 is 11.2. The number of anilines is 1. The maximum absolute atomic E-state index is 13.1. The summed E-state index contributed by atoms with van der Waals surface area (Å²) < 4.78 is 42.3. The van der Waals surface area contributed by atoms with Crippen molar-refractivity contribution in [2.24, 2.45) is 7.05 Å². The number of aryl methyl sites for hydroxylation is 2. The minimum absolute atomic E-state index is 0.0744. The van der Waals surface area contributed by atoms with Gasteiger partial charge in [-0.2, -0.15) is 23.4 Å². The number of hydrogen-bond acceptors (Lipinski definition) is 3. The van der Waals surface area contributed by atoms with E-state index in [1.54, 1.807) is 10.9 Å². The molecule has 2 N–H and O–H groups in total. The second-order valence-corrected chi connectivity index (χ2v) is 7.33. The maximum Gasteiger partial charge on any atom is 0.436 e. The number of thiocarbonyl (C=S) groups is 1. The lowest BCUT2D eigenvalue weighted by atomic mass is 10.2. The normalized spacial score (nSPS) is 14.4. The SMILES string of the molecule is Cc1c(NC(=S)NCCCn2nc(C(F)(F)F)c(Cl)c2C2CC2)cnn1C. The van der Waals surface area contributed by atoms with Gasteiger partial charge in [0.15, 0.2) is 10.8 Å². The van der Waals surface area contributed by atoms with Gasteiger partial charge in [0.05, 0.1) is 28.3 Å². The first-order valence-electron chi connectivity index (χ1n) is 8.55. The zero-order valence-electron chi connectivity index (χ0n) is 14.9. The van der Waals surface area contributed by atoms with Gasteiger partial charge < -0.3 is 10.6 Å². The Morgan fingerprint density at radius 1 is 1.41 bits per heavy atom. The Hall–Kier alpha value is -1.81. The fourth-order valence-corrected chi connectivity index (χ4v) is 3.38. The van der Waals surface area contributed by atoms with E-state index in [0.29, 0.717) is 30.3 Å². The largest absolute Gasteiger partial charge is 0.436 e. The van der Waals surface area contributed by atoms with E-state index in [4.69, 9.17) is 23.8 Å². The van der Waals surface area contributed by atoms with Gasteiger partial charge in [-0.3, -0.25) is 9.36 Å². The topological polar surface area (TPSA) is 59.7 Å². The van der Waals surface area contributed by atoms with Crippen molar-refractivity contribution in [3.05, 3.63) is 28.3 Å². The molecule has 11 heteroatoms. The van der Waals surface area contributed by atoms with E-state index >= 15 is 0 Å². The third-order valence-electron chi connectivity index (χ3n) is 4.48. The summed E-state index contributed by atoms with van der Waals surface area (Å²) in [5.74, 6) is 0.0744. The summed E-state index contributed by atoms with van der Waals surface area (Å²) in [5, 5.41) is 14.1. The molecule has 0 atom stereocenters. The number of alkyl halides is 3. The number of rotatable bonds is 6. The average Bonchev–Trinajstić information content (AvgIpc) is 3.30. The second-order valence-electron chi connectivity index (χ2n) is 6.54. The van der Waals surface area contributed by atoms with Gasteiger partial charge in [0.1, 0.15) is 0 Å². The molecule has 2 heterocycles. The van der Waals surface area contributed by atoms with Crippen molar-refractivity contribution in [3.8, 4) is 0 Å². The van der Waals surface area contributed by atoms with Crippen molar-refractivity contribution in [2.45, 2.75) is 44.8 Å². The number of aromatic nitrogens is 4. The molecule has 1 fully saturated rings. The van der Waals surface area contributed by atoms with E-state index in [2.05, 4.69) is 20.8 Å². The number of nitrogens with zero attached hydrogens (tertiary/aromatic N) is 4. The summed E-state index contributed by atoms with van der Waals surface area (Å²) in [5.41, 5.74) is 1.25. The highest BCUT2D eigenvalue weighted by atomic mass is 35.5. The summed E-state index contributed by atoms with van der Waals surface area (Å²) in [6, 6.07) is 0. The monoisotopic (exact) mass is 420 g/mol. The molecule has 148 valence electrons.